The van der Waals surface area contributed by atoms with Crippen LogP contribution in [-0.4, -0.2) is 41.9 Å². The molecule has 0 aliphatic carbocycles. The first-order valence-corrected chi connectivity index (χ1v) is 7.96. The second kappa shape index (κ2) is 6.06. The summed E-state index contributed by atoms with van der Waals surface area (Å²) in [5, 5.41) is 3.14. The maximum absolute atomic E-state index is 12.4. The molecule has 0 unspecified atom stereocenters. The zero-order valence-electron chi connectivity index (χ0n) is 13.2. The summed E-state index contributed by atoms with van der Waals surface area (Å²) in [4.78, 5) is 24.8. The molecule has 9 nitrogen and oxygen atoms in total. The molecule has 0 fully saturated rings. The Hall–Kier alpha value is -3.14. The van der Waals surface area contributed by atoms with Crippen LogP contribution in [0.1, 0.15) is 10.5 Å². The van der Waals surface area contributed by atoms with Crippen molar-refractivity contribution in [2.24, 2.45) is 0 Å². The van der Waals surface area contributed by atoms with Crippen LogP contribution in [-0.2, 0) is 0 Å². The molecule has 0 bridgehead atoms. The van der Waals surface area contributed by atoms with Gasteiger partial charge in [0.25, 0.3) is 5.91 Å². The molecule has 3 heterocycles. The first-order valence-electron chi connectivity index (χ1n) is 7.15. The number of fused-ring (bicyclic) bond motifs is 2. The molecule has 1 aromatic carbocycles. The minimum absolute atomic E-state index is 0.0412. The van der Waals surface area contributed by atoms with Crippen LogP contribution in [0.15, 0.2) is 18.2 Å². The van der Waals surface area contributed by atoms with Crippen molar-refractivity contribution < 1.29 is 23.7 Å². The van der Waals surface area contributed by atoms with E-state index in [1.54, 1.807) is 6.07 Å². The highest BCUT2D eigenvalue weighted by Gasteiger charge is 2.18. The third-order valence-corrected chi connectivity index (χ3v) is 4.34. The predicted molar refractivity (Wildman–Crippen MR) is 88.8 cm³/mol. The minimum atomic E-state index is -0.446. The molecule has 0 spiro atoms. The standard InChI is InChI=1S/C15H12N4O5S/c1-21-12-4-8(16-14(18-12)22-2)13(20)19-15-17-7-3-9-10(24-6-23-9)5-11(7)25-15/h3-5H,6H2,1-2H3,(H,17,19,20). The molecule has 0 atom stereocenters. The third-order valence-electron chi connectivity index (χ3n) is 3.41. The SMILES string of the molecule is COc1cc(C(=O)Nc2nc3cc4c(cc3s2)OCO4)nc(OC)n1. The topological polar surface area (TPSA) is 105 Å². The normalized spacial score (nSPS) is 12.2. The smallest absolute Gasteiger partial charge is 0.320 e. The van der Waals surface area contributed by atoms with E-state index < -0.39 is 5.91 Å². The fourth-order valence-corrected chi connectivity index (χ4v) is 3.12. The number of thiazole rings is 1. The number of rotatable bonds is 4. The summed E-state index contributed by atoms with van der Waals surface area (Å²) in [6.45, 7) is 0.202. The Morgan fingerprint density at radius 3 is 2.68 bits per heavy atom. The van der Waals surface area contributed by atoms with E-state index in [4.69, 9.17) is 18.9 Å². The number of anilines is 1. The summed E-state index contributed by atoms with van der Waals surface area (Å²) < 4.78 is 21.5. The number of hydrogen-bond donors (Lipinski definition) is 1. The van der Waals surface area contributed by atoms with Crippen molar-refractivity contribution in [1.29, 1.82) is 0 Å². The molecule has 4 rings (SSSR count). The van der Waals surface area contributed by atoms with Gasteiger partial charge in [-0.1, -0.05) is 11.3 Å². The van der Waals surface area contributed by atoms with Crippen molar-refractivity contribution >= 4 is 32.6 Å². The Morgan fingerprint density at radius 2 is 1.92 bits per heavy atom. The van der Waals surface area contributed by atoms with Crippen LogP contribution in [0.3, 0.4) is 0 Å². The lowest BCUT2D eigenvalue weighted by atomic mass is 10.3. The summed E-state index contributed by atoms with van der Waals surface area (Å²) in [5.74, 6) is 1.09. The summed E-state index contributed by atoms with van der Waals surface area (Å²) in [6.07, 6.45) is 0. The monoisotopic (exact) mass is 360 g/mol. The zero-order chi connectivity index (χ0) is 17.4. The van der Waals surface area contributed by atoms with E-state index in [1.165, 1.54) is 31.6 Å². The van der Waals surface area contributed by atoms with Gasteiger partial charge in [-0.2, -0.15) is 9.97 Å². The Balaban J connectivity index is 1.61. The second-order valence-corrected chi connectivity index (χ2v) is 5.96. The van der Waals surface area contributed by atoms with Gasteiger partial charge < -0.3 is 18.9 Å². The number of aromatic nitrogens is 3. The van der Waals surface area contributed by atoms with Crippen LogP contribution >= 0.6 is 11.3 Å². The molecule has 128 valence electrons. The molecule has 1 aliphatic heterocycles. The summed E-state index contributed by atoms with van der Waals surface area (Å²) in [5.41, 5.74) is 0.819. The van der Waals surface area contributed by atoms with Crippen LogP contribution in [0.5, 0.6) is 23.4 Å². The van der Waals surface area contributed by atoms with Gasteiger partial charge in [-0.15, -0.1) is 0 Å². The van der Waals surface area contributed by atoms with Crippen LogP contribution in [0, 0.1) is 0 Å². The highest BCUT2D eigenvalue weighted by atomic mass is 32.1. The fourth-order valence-electron chi connectivity index (χ4n) is 2.25. The zero-order valence-corrected chi connectivity index (χ0v) is 14.0. The van der Waals surface area contributed by atoms with E-state index in [9.17, 15) is 4.79 Å². The highest BCUT2D eigenvalue weighted by Crippen LogP contribution is 2.39. The van der Waals surface area contributed by atoms with Crippen LogP contribution < -0.4 is 24.3 Å². The highest BCUT2D eigenvalue weighted by molar-refractivity contribution is 7.22. The molecule has 2 aromatic heterocycles. The quantitative estimate of drug-likeness (QED) is 0.754. The van der Waals surface area contributed by atoms with Crippen molar-refractivity contribution in [3.63, 3.8) is 0 Å². The van der Waals surface area contributed by atoms with E-state index in [1.807, 2.05) is 6.07 Å². The van der Waals surface area contributed by atoms with Crippen molar-refractivity contribution in [1.82, 2.24) is 15.0 Å². The van der Waals surface area contributed by atoms with E-state index >= 15 is 0 Å². The maximum atomic E-state index is 12.4. The first kappa shape index (κ1) is 15.4. The van der Waals surface area contributed by atoms with E-state index in [0.29, 0.717) is 22.1 Å². The van der Waals surface area contributed by atoms with Gasteiger partial charge in [-0.05, 0) is 0 Å². The van der Waals surface area contributed by atoms with Crippen molar-refractivity contribution in [2.75, 3.05) is 26.3 Å². The third kappa shape index (κ3) is 2.87. The van der Waals surface area contributed by atoms with Gasteiger partial charge in [0.1, 0.15) is 5.69 Å². The number of carbonyl (C=O) groups excluding carboxylic acids is 1. The predicted octanol–water partition coefficient (Wildman–Crippen LogP) is 2.08. The van der Waals surface area contributed by atoms with Crippen LogP contribution in [0.2, 0.25) is 0 Å². The minimum Gasteiger partial charge on any atom is -0.481 e. The number of nitrogens with one attached hydrogen (secondary N) is 1. The van der Waals surface area contributed by atoms with E-state index in [2.05, 4.69) is 20.3 Å². The molecule has 1 N–H and O–H groups in total. The molecule has 10 heteroatoms. The summed E-state index contributed by atoms with van der Waals surface area (Å²) in [6, 6.07) is 5.07. The molecule has 0 radical (unpaired) electrons. The first-order chi connectivity index (χ1) is 12.2. The van der Waals surface area contributed by atoms with E-state index in [0.717, 1.165) is 4.70 Å². The van der Waals surface area contributed by atoms with Crippen molar-refractivity contribution in [2.45, 2.75) is 0 Å². The number of carbonyl (C=O) groups is 1. The number of nitrogens with zero attached hydrogens (tertiary/aromatic N) is 3. The fraction of sp³-hybridized carbons (Fsp3) is 0.200. The molecular weight excluding hydrogens is 348 g/mol. The van der Waals surface area contributed by atoms with Gasteiger partial charge >= 0.3 is 6.01 Å². The number of ether oxygens (including phenoxy) is 4. The van der Waals surface area contributed by atoms with Gasteiger partial charge in [0.2, 0.25) is 12.7 Å². The van der Waals surface area contributed by atoms with Crippen molar-refractivity contribution in [3.8, 4) is 23.4 Å². The second-order valence-electron chi connectivity index (χ2n) is 4.93. The Morgan fingerprint density at radius 1 is 1.12 bits per heavy atom. The average Bonchev–Trinajstić information content (AvgIpc) is 3.23. The molecule has 25 heavy (non-hydrogen) atoms. The lowest BCUT2D eigenvalue weighted by molar-refractivity contribution is 0.102. The molecule has 1 aliphatic rings. The van der Waals surface area contributed by atoms with Gasteiger partial charge in [-0.25, -0.2) is 4.98 Å². The largest absolute Gasteiger partial charge is 0.481 e. The molecule has 3 aromatic rings. The van der Waals surface area contributed by atoms with Gasteiger partial charge in [0.15, 0.2) is 16.6 Å². The molecule has 1 amide bonds. The maximum Gasteiger partial charge on any atom is 0.320 e. The Labute approximate surface area is 145 Å². The van der Waals surface area contributed by atoms with Crippen LogP contribution in [0.4, 0.5) is 5.13 Å². The van der Waals surface area contributed by atoms with Crippen molar-refractivity contribution in [3.05, 3.63) is 23.9 Å². The summed E-state index contributed by atoms with van der Waals surface area (Å²) in [7, 11) is 2.85. The van der Waals surface area contributed by atoms with Gasteiger partial charge in [0, 0.05) is 18.2 Å². The Kier molecular flexibility index (Phi) is 3.73. The molecular formula is C15H12N4O5S. The van der Waals surface area contributed by atoms with Gasteiger partial charge in [0.05, 0.1) is 24.4 Å². The molecule has 0 saturated carbocycles. The number of hydrogen-bond acceptors (Lipinski definition) is 9. The number of benzene rings is 1. The van der Waals surface area contributed by atoms with Crippen LogP contribution in [0.25, 0.3) is 10.2 Å². The lowest BCUT2D eigenvalue weighted by Crippen LogP contribution is -2.14. The average molecular weight is 360 g/mol. The number of amides is 1. The van der Waals surface area contributed by atoms with E-state index in [-0.39, 0.29) is 24.4 Å². The summed E-state index contributed by atoms with van der Waals surface area (Å²) >= 11 is 1.32. The number of methoxy groups -OCH3 is 2. The molecule has 0 saturated heterocycles. The lowest BCUT2D eigenvalue weighted by Gasteiger charge is -2.05. The Bertz CT molecular complexity index is 911. The van der Waals surface area contributed by atoms with Gasteiger partial charge in [-0.3, -0.25) is 10.1 Å².